The van der Waals surface area contributed by atoms with Gasteiger partial charge in [-0.1, -0.05) is 0 Å². The maximum absolute atomic E-state index is 12.4. The number of carbonyl (C=O) groups is 1. The summed E-state index contributed by atoms with van der Waals surface area (Å²) in [5, 5.41) is 4.59. The summed E-state index contributed by atoms with van der Waals surface area (Å²) in [4.78, 5) is 24.4. The van der Waals surface area contributed by atoms with Crippen LogP contribution in [0.5, 0.6) is 0 Å². The SMILES string of the molecule is Cc1coc2c1c(C)cc1oc(=O)c(CC(=O)NC(C)C)c(C)c12. The third kappa shape index (κ3) is 2.60. The molecular weight excluding hydrogens is 306 g/mol. The molecule has 0 bridgehead atoms. The van der Waals surface area contributed by atoms with Gasteiger partial charge in [-0.25, -0.2) is 4.79 Å². The van der Waals surface area contributed by atoms with Crippen molar-refractivity contribution in [2.75, 3.05) is 0 Å². The highest BCUT2D eigenvalue weighted by atomic mass is 16.4. The first-order valence-corrected chi connectivity index (χ1v) is 8.02. The van der Waals surface area contributed by atoms with E-state index in [1.54, 1.807) is 6.26 Å². The van der Waals surface area contributed by atoms with Crippen molar-refractivity contribution in [2.45, 2.75) is 47.1 Å². The average Bonchev–Trinajstić information content (AvgIpc) is 2.85. The van der Waals surface area contributed by atoms with Gasteiger partial charge in [-0.2, -0.15) is 0 Å². The van der Waals surface area contributed by atoms with E-state index in [4.69, 9.17) is 8.83 Å². The molecule has 0 aliphatic carbocycles. The highest BCUT2D eigenvalue weighted by Gasteiger charge is 2.20. The van der Waals surface area contributed by atoms with Crippen LogP contribution < -0.4 is 10.9 Å². The summed E-state index contributed by atoms with van der Waals surface area (Å²) in [6, 6.07) is 1.87. The van der Waals surface area contributed by atoms with E-state index < -0.39 is 5.63 Å². The summed E-state index contributed by atoms with van der Waals surface area (Å²) in [6.45, 7) is 9.54. The van der Waals surface area contributed by atoms with Crippen LogP contribution >= 0.6 is 0 Å². The fraction of sp³-hybridized carbons (Fsp3) is 0.368. The van der Waals surface area contributed by atoms with E-state index in [-0.39, 0.29) is 18.4 Å². The number of fused-ring (bicyclic) bond motifs is 3. The molecule has 126 valence electrons. The molecule has 2 heterocycles. The van der Waals surface area contributed by atoms with Gasteiger partial charge in [-0.05, 0) is 57.4 Å². The van der Waals surface area contributed by atoms with Crippen molar-refractivity contribution >= 4 is 27.8 Å². The van der Waals surface area contributed by atoms with Gasteiger partial charge in [0.1, 0.15) is 11.2 Å². The Morgan fingerprint density at radius 2 is 1.88 bits per heavy atom. The van der Waals surface area contributed by atoms with E-state index in [0.717, 1.165) is 27.5 Å². The van der Waals surface area contributed by atoms with Crippen molar-refractivity contribution in [1.82, 2.24) is 5.32 Å². The first kappa shape index (κ1) is 16.3. The molecule has 5 nitrogen and oxygen atoms in total. The summed E-state index contributed by atoms with van der Waals surface area (Å²) < 4.78 is 11.2. The first-order chi connectivity index (χ1) is 11.3. The topological polar surface area (TPSA) is 72.5 Å². The van der Waals surface area contributed by atoms with Crippen molar-refractivity contribution < 1.29 is 13.6 Å². The quantitative estimate of drug-likeness (QED) is 0.747. The number of hydrogen-bond acceptors (Lipinski definition) is 4. The lowest BCUT2D eigenvalue weighted by molar-refractivity contribution is -0.120. The fourth-order valence-corrected chi connectivity index (χ4v) is 3.21. The van der Waals surface area contributed by atoms with Gasteiger partial charge in [0, 0.05) is 11.4 Å². The zero-order valence-corrected chi connectivity index (χ0v) is 14.6. The van der Waals surface area contributed by atoms with E-state index in [0.29, 0.717) is 16.7 Å². The van der Waals surface area contributed by atoms with Crippen LogP contribution in [0.15, 0.2) is 26.0 Å². The van der Waals surface area contributed by atoms with Crippen LogP contribution in [-0.4, -0.2) is 11.9 Å². The Labute approximate surface area is 139 Å². The molecule has 0 aliphatic heterocycles. The van der Waals surface area contributed by atoms with E-state index in [2.05, 4.69) is 5.32 Å². The maximum atomic E-state index is 12.4. The van der Waals surface area contributed by atoms with Gasteiger partial charge >= 0.3 is 5.63 Å². The summed E-state index contributed by atoms with van der Waals surface area (Å²) in [7, 11) is 0. The lowest BCUT2D eigenvalue weighted by Gasteiger charge is -2.11. The highest BCUT2D eigenvalue weighted by molar-refractivity contribution is 6.07. The monoisotopic (exact) mass is 327 g/mol. The number of nitrogens with one attached hydrogen (secondary N) is 1. The Kier molecular flexibility index (Phi) is 3.95. The molecule has 5 heteroatoms. The standard InChI is InChI=1S/C19H21NO4/c1-9(2)20-15(21)7-13-12(5)17-14(24-19(13)22)6-10(3)16-11(4)8-23-18(16)17/h6,8-9H,7H2,1-5H3,(H,20,21). The van der Waals surface area contributed by atoms with Crippen molar-refractivity contribution in [3.05, 3.63) is 45.0 Å². The zero-order chi connectivity index (χ0) is 17.6. The number of rotatable bonds is 3. The second kappa shape index (κ2) is 5.82. The molecule has 0 saturated carbocycles. The molecule has 2 aromatic heterocycles. The van der Waals surface area contributed by atoms with Crippen LogP contribution in [0.3, 0.4) is 0 Å². The predicted molar refractivity (Wildman–Crippen MR) is 93.4 cm³/mol. The summed E-state index contributed by atoms with van der Waals surface area (Å²) in [5.41, 5.74) is 3.87. The second-order valence-electron chi connectivity index (χ2n) is 6.58. The van der Waals surface area contributed by atoms with Gasteiger partial charge in [0.05, 0.1) is 23.6 Å². The Morgan fingerprint density at radius 3 is 2.54 bits per heavy atom. The van der Waals surface area contributed by atoms with Gasteiger partial charge in [-0.3, -0.25) is 4.79 Å². The number of furan rings is 1. The molecule has 0 fully saturated rings. The van der Waals surface area contributed by atoms with Crippen molar-refractivity contribution in [1.29, 1.82) is 0 Å². The third-order valence-corrected chi connectivity index (χ3v) is 4.25. The Balaban J connectivity index is 2.26. The first-order valence-electron chi connectivity index (χ1n) is 8.02. The molecule has 0 unspecified atom stereocenters. The van der Waals surface area contributed by atoms with Crippen molar-refractivity contribution in [2.24, 2.45) is 0 Å². The summed E-state index contributed by atoms with van der Waals surface area (Å²) >= 11 is 0. The number of hydrogen-bond donors (Lipinski definition) is 1. The van der Waals surface area contributed by atoms with Gasteiger partial charge in [0.2, 0.25) is 5.91 Å². The largest absolute Gasteiger partial charge is 0.463 e. The van der Waals surface area contributed by atoms with Crippen LogP contribution in [0.4, 0.5) is 0 Å². The van der Waals surface area contributed by atoms with E-state index in [9.17, 15) is 9.59 Å². The smallest absolute Gasteiger partial charge is 0.340 e. The third-order valence-electron chi connectivity index (χ3n) is 4.25. The minimum Gasteiger partial charge on any atom is -0.463 e. The van der Waals surface area contributed by atoms with E-state index in [1.165, 1.54) is 0 Å². The van der Waals surface area contributed by atoms with Crippen molar-refractivity contribution in [3.63, 3.8) is 0 Å². The summed E-state index contributed by atoms with van der Waals surface area (Å²) in [5.74, 6) is -0.196. The van der Waals surface area contributed by atoms with E-state index >= 15 is 0 Å². The normalized spacial score (nSPS) is 11.6. The Morgan fingerprint density at radius 1 is 1.17 bits per heavy atom. The van der Waals surface area contributed by atoms with Crippen LogP contribution in [0.2, 0.25) is 0 Å². The van der Waals surface area contributed by atoms with E-state index in [1.807, 2.05) is 40.7 Å². The van der Waals surface area contributed by atoms with Gasteiger partial charge in [0.15, 0.2) is 0 Å². The number of amides is 1. The number of benzene rings is 1. The number of carbonyl (C=O) groups excluding carboxylic acids is 1. The molecular formula is C19H21NO4. The molecule has 3 aromatic rings. The summed E-state index contributed by atoms with van der Waals surface area (Å²) in [6.07, 6.45) is 1.70. The lowest BCUT2D eigenvalue weighted by atomic mass is 9.98. The zero-order valence-electron chi connectivity index (χ0n) is 14.6. The van der Waals surface area contributed by atoms with Gasteiger partial charge in [0.25, 0.3) is 0 Å². The molecule has 0 radical (unpaired) electrons. The predicted octanol–water partition coefficient (Wildman–Crippen LogP) is 3.53. The molecule has 0 atom stereocenters. The lowest BCUT2D eigenvalue weighted by Crippen LogP contribution is -2.33. The minimum absolute atomic E-state index is 0.00263. The number of aryl methyl sites for hydroxylation is 3. The molecule has 1 N–H and O–H groups in total. The van der Waals surface area contributed by atoms with Crippen LogP contribution in [0, 0.1) is 20.8 Å². The molecule has 1 amide bonds. The molecule has 0 spiro atoms. The molecule has 24 heavy (non-hydrogen) atoms. The van der Waals surface area contributed by atoms with Crippen LogP contribution in [-0.2, 0) is 11.2 Å². The molecule has 0 aliphatic rings. The molecule has 0 saturated heterocycles. The fourth-order valence-electron chi connectivity index (χ4n) is 3.21. The Hall–Kier alpha value is -2.56. The average molecular weight is 327 g/mol. The van der Waals surface area contributed by atoms with Crippen LogP contribution in [0.1, 0.15) is 36.1 Å². The molecule has 3 rings (SSSR count). The van der Waals surface area contributed by atoms with Gasteiger partial charge in [-0.15, -0.1) is 0 Å². The second-order valence-corrected chi connectivity index (χ2v) is 6.58. The van der Waals surface area contributed by atoms with Crippen molar-refractivity contribution in [3.8, 4) is 0 Å². The van der Waals surface area contributed by atoms with Crippen LogP contribution in [0.25, 0.3) is 21.9 Å². The highest BCUT2D eigenvalue weighted by Crippen LogP contribution is 2.34. The Bertz CT molecular complexity index is 1010. The van der Waals surface area contributed by atoms with Gasteiger partial charge < -0.3 is 14.2 Å². The maximum Gasteiger partial charge on any atom is 0.340 e. The molecule has 1 aromatic carbocycles. The minimum atomic E-state index is -0.471.